The Morgan fingerprint density at radius 1 is 1.42 bits per heavy atom. The fraction of sp³-hybridized carbons (Fsp3) is 0.462. The number of likely N-dealkylation sites (tertiary alicyclic amines) is 1. The van der Waals surface area contributed by atoms with Crippen LogP contribution in [0.4, 0.5) is 0 Å². The summed E-state index contributed by atoms with van der Waals surface area (Å²) in [4.78, 5) is 30.7. The van der Waals surface area contributed by atoms with Crippen LogP contribution in [0.2, 0.25) is 0 Å². The second-order valence-electron chi connectivity index (χ2n) is 4.89. The molecule has 1 saturated heterocycles. The molecule has 0 spiro atoms. The van der Waals surface area contributed by atoms with Crippen LogP contribution in [-0.4, -0.2) is 65.0 Å². The van der Waals surface area contributed by atoms with Crippen LogP contribution < -0.4 is 0 Å². The molecular formula is C13H17N3O3. The van der Waals surface area contributed by atoms with Crippen molar-refractivity contribution in [3.05, 3.63) is 29.6 Å². The molecule has 1 atom stereocenters. The van der Waals surface area contributed by atoms with Gasteiger partial charge in [0, 0.05) is 25.3 Å². The van der Waals surface area contributed by atoms with Crippen LogP contribution in [0.1, 0.15) is 27.3 Å². The van der Waals surface area contributed by atoms with E-state index in [1.54, 1.807) is 4.90 Å². The number of aromatic nitrogens is 1. The molecule has 6 heteroatoms. The molecule has 0 bridgehead atoms. The van der Waals surface area contributed by atoms with Crippen LogP contribution in [0.5, 0.6) is 0 Å². The molecule has 19 heavy (non-hydrogen) atoms. The molecule has 1 aromatic rings. The molecule has 2 heterocycles. The minimum Gasteiger partial charge on any atom is -0.478 e. The minimum atomic E-state index is -1.04. The predicted molar refractivity (Wildman–Crippen MR) is 69.2 cm³/mol. The maximum atomic E-state index is 12.2. The Morgan fingerprint density at radius 3 is 2.63 bits per heavy atom. The van der Waals surface area contributed by atoms with Crippen LogP contribution in [0.15, 0.2) is 18.3 Å². The number of carboxylic acid groups (broad SMARTS) is 1. The van der Waals surface area contributed by atoms with Gasteiger partial charge in [0.25, 0.3) is 5.91 Å². The molecule has 1 aromatic heterocycles. The van der Waals surface area contributed by atoms with Crippen molar-refractivity contribution in [3.63, 3.8) is 0 Å². The highest BCUT2D eigenvalue weighted by atomic mass is 16.4. The molecule has 0 aliphatic carbocycles. The number of nitrogens with zero attached hydrogens (tertiary/aromatic N) is 3. The van der Waals surface area contributed by atoms with Gasteiger partial charge in [0.15, 0.2) is 0 Å². The van der Waals surface area contributed by atoms with E-state index in [2.05, 4.69) is 9.88 Å². The maximum Gasteiger partial charge on any atom is 0.337 e. The Hall–Kier alpha value is -1.95. The average molecular weight is 263 g/mol. The number of hydrogen-bond acceptors (Lipinski definition) is 4. The highest BCUT2D eigenvalue weighted by Crippen LogP contribution is 2.15. The lowest BCUT2D eigenvalue weighted by atomic mass is 10.2. The second-order valence-corrected chi connectivity index (χ2v) is 4.89. The Morgan fingerprint density at radius 2 is 2.16 bits per heavy atom. The van der Waals surface area contributed by atoms with E-state index in [9.17, 15) is 9.59 Å². The summed E-state index contributed by atoms with van der Waals surface area (Å²) in [7, 11) is 4.00. The van der Waals surface area contributed by atoms with Gasteiger partial charge in [0.2, 0.25) is 0 Å². The van der Waals surface area contributed by atoms with Crippen molar-refractivity contribution in [2.45, 2.75) is 12.5 Å². The van der Waals surface area contributed by atoms with E-state index in [-0.39, 0.29) is 11.5 Å². The third kappa shape index (κ3) is 2.90. The number of hydrogen-bond donors (Lipinski definition) is 1. The normalized spacial score (nSPS) is 18.9. The number of aromatic carboxylic acids is 1. The highest BCUT2D eigenvalue weighted by molar-refractivity contribution is 5.94. The molecule has 0 saturated carbocycles. The van der Waals surface area contributed by atoms with E-state index in [0.717, 1.165) is 6.42 Å². The second kappa shape index (κ2) is 5.36. The zero-order chi connectivity index (χ0) is 14.0. The fourth-order valence-corrected chi connectivity index (χ4v) is 2.16. The van der Waals surface area contributed by atoms with Crippen LogP contribution in [0.25, 0.3) is 0 Å². The fourth-order valence-electron chi connectivity index (χ4n) is 2.16. The molecule has 1 amide bonds. The van der Waals surface area contributed by atoms with Gasteiger partial charge in [-0.05, 0) is 32.6 Å². The first-order valence-electron chi connectivity index (χ1n) is 6.14. The Labute approximate surface area is 111 Å². The monoisotopic (exact) mass is 263 g/mol. The van der Waals surface area contributed by atoms with E-state index >= 15 is 0 Å². The number of carbonyl (C=O) groups excluding carboxylic acids is 1. The van der Waals surface area contributed by atoms with Crippen molar-refractivity contribution in [3.8, 4) is 0 Å². The van der Waals surface area contributed by atoms with Crippen molar-refractivity contribution in [2.75, 3.05) is 27.2 Å². The smallest absolute Gasteiger partial charge is 0.337 e. The molecule has 1 aliphatic rings. The molecular weight excluding hydrogens is 246 g/mol. The van der Waals surface area contributed by atoms with Crippen LogP contribution >= 0.6 is 0 Å². The highest BCUT2D eigenvalue weighted by Gasteiger charge is 2.28. The van der Waals surface area contributed by atoms with Gasteiger partial charge in [-0.15, -0.1) is 0 Å². The van der Waals surface area contributed by atoms with E-state index in [0.29, 0.717) is 24.8 Å². The average Bonchev–Trinajstić information content (AvgIpc) is 2.87. The van der Waals surface area contributed by atoms with Gasteiger partial charge in [-0.3, -0.25) is 9.78 Å². The third-order valence-corrected chi connectivity index (χ3v) is 3.41. The van der Waals surface area contributed by atoms with Gasteiger partial charge < -0.3 is 14.9 Å². The summed E-state index contributed by atoms with van der Waals surface area (Å²) in [5.41, 5.74) is 0.383. The van der Waals surface area contributed by atoms with Gasteiger partial charge in [0.1, 0.15) is 5.69 Å². The largest absolute Gasteiger partial charge is 0.478 e. The number of carbonyl (C=O) groups is 2. The zero-order valence-corrected chi connectivity index (χ0v) is 11.0. The topological polar surface area (TPSA) is 73.7 Å². The van der Waals surface area contributed by atoms with Gasteiger partial charge in [-0.25, -0.2) is 4.79 Å². The summed E-state index contributed by atoms with van der Waals surface area (Å²) < 4.78 is 0. The molecule has 1 fully saturated rings. The maximum absolute atomic E-state index is 12.2. The summed E-state index contributed by atoms with van der Waals surface area (Å²) in [6.07, 6.45) is 2.17. The standard InChI is InChI=1S/C13H17N3O3/c1-15(2)10-5-6-16(8-10)12(17)11-4-3-9(7-14-11)13(18)19/h3-4,7,10H,5-6,8H2,1-2H3,(H,18,19). The van der Waals surface area contributed by atoms with Crippen molar-refractivity contribution >= 4 is 11.9 Å². The van der Waals surface area contributed by atoms with Crippen LogP contribution in [-0.2, 0) is 0 Å². The summed E-state index contributed by atoms with van der Waals surface area (Å²) in [6, 6.07) is 3.25. The summed E-state index contributed by atoms with van der Waals surface area (Å²) >= 11 is 0. The van der Waals surface area contributed by atoms with Gasteiger partial charge in [0.05, 0.1) is 5.56 Å². The van der Waals surface area contributed by atoms with E-state index < -0.39 is 5.97 Å². The van der Waals surface area contributed by atoms with Crippen molar-refractivity contribution in [2.24, 2.45) is 0 Å². The summed E-state index contributed by atoms with van der Waals surface area (Å²) in [5, 5.41) is 8.78. The first kappa shape index (κ1) is 13.5. The first-order valence-corrected chi connectivity index (χ1v) is 6.14. The summed E-state index contributed by atoms with van der Waals surface area (Å²) in [6.45, 7) is 1.40. The Bertz CT molecular complexity index is 484. The lowest BCUT2D eigenvalue weighted by molar-refractivity contribution is 0.0693. The number of rotatable bonds is 3. The molecule has 6 nitrogen and oxygen atoms in total. The van der Waals surface area contributed by atoms with Crippen molar-refractivity contribution in [1.29, 1.82) is 0 Å². The van der Waals surface area contributed by atoms with Crippen LogP contribution in [0.3, 0.4) is 0 Å². The SMILES string of the molecule is CN(C)C1CCN(C(=O)c2ccc(C(=O)O)cn2)C1. The van der Waals surface area contributed by atoms with Crippen molar-refractivity contribution in [1.82, 2.24) is 14.8 Å². The molecule has 1 aliphatic heterocycles. The van der Waals surface area contributed by atoms with E-state index in [1.807, 2.05) is 14.1 Å². The zero-order valence-electron chi connectivity index (χ0n) is 11.0. The van der Waals surface area contributed by atoms with Gasteiger partial charge in [-0.1, -0.05) is 0 Å². The molecule has 102 valence electrons. The van der Waals surface area contributed by atoms with Crippen LogP contribution in [0, 0.1) is 0 Å². The lowest BCUT2D eigenvalue weighted by Crippen LogP contribution is -2.34. The molecule has 2 rings (SSSR count). The first-order chi connectivity index (χ1) is 8.99. The number of likely N-dealkylation sites (N-methyl/N-ethyl adjacent to an activating group) is 1. The van der Waals surface area contributed by atoms with Crippen molar-refractivity contribution < 1.29 is 14.7 Å². The number of pyridine rings is 1. The quantitative estimate of drug-likeness (QED) is 0.862. The summed E-state index contributed by atoms with van der Waals surface area (Å²) in [5.74, 6) is -1.18. The third-order valence-electron chi connectivity index (χ3n) is 3.41. The molecule has 1 unspecified atom stereocenters. The van der Waals surface area contributed by atoms with Gasteiger partial charge >= 0.3 is 5.97 Å². The molecule has 0 aromatic carbocycles. The predicted octanol–water partition coefficient (Wildman–Crippen LogP) is 0.556. The minimum absolute atomic E-state index is 0.0872. The molecule has 0 radical (unpaired) electrons. The Kier molecular flexibility index (Phi) is 3.80. The molecule has 1 N–H and O–H groups in total. The Balaban J connectivity index is 2.06. The van der Waals surface area contributed by atoms with Gasteiger partial charge in [-0.2, -0.15) is 0 Å². The van der Waals surface area contributed by atoms with E-state index in [4.69, 9.17) is 5.11 Å². The number of amides is 1. The lowest BCUT2D eigenvalue weighted by Gasteiger charge is -2.20. The number of carboxylic acids is 1. The van der Waals surface area contributed by atoms with E-state index in [1.165, 1.54) is 18.3 Å².